The summed E-state index contributed by atoms with van der Waals surface area (Å²) < 4.78 is 32.0. The van der Waals surface area contributed by atoms with Gasteiger partial charge in [-0.05, 0) is 33.1 Å². The van der Waals surface area contributed by atoms with E-state index in [-0.39, 0.29) is 35.2 Å². The number of piperidine rings is 1. The zero-order chi connectivity index (χ0) is 19.3. The van der Waals surface area contributed by atoms with Crippen molar-refractivity contribution in [2.45, 2.75) is 63.8 Å². The van der Waals surface area contributed by atoms with Crippen molar-refractivity contribution in [2.24, 2.45) is 11.7 Å². The van der Waals surface area contributed by atoms with Crippen molar-refractivity contribution in [3.63, 3.8) is 0 Å². The monoisotopic (exact) mass is 422 g/mol. The number of aryl methyl sites for hydroxylation is 2. The quantitative estimate of drug-likeness (QED) is 0.658. The number of unbranched alkanes of at least 4 members (excludes halogenated alkanes) is 1. The van der Waals surface area contributed by atoms with Gasteiger partial charge in [0.1, 0.15) is 10.6 Å². The number of hydrogen-bond donors (Lipinski definition) is 2. The minimum Gasteiger partial charge on any atom is -0.360 e. The third kappa shape index (κ3) is 5.66. The van der Waals surface area contributed by atoms with Crippen LogP contribution in [0.3, 0.4) is 0 Å². The van der Waals surface area contributed by atoms with Crippen molar-refractivity contribution < 1.29 is 17.7 Å². The predicted molar refractivity (Wildman–Crippen MR) is 105 cm³/mol. The molecule has 0 aliphatic carbocycles. The fourth-order valence-electron chi connectivity index (χ4n) is 3.35. The first-order chi connectivity index (χ1) is 12.3. The highest BCUT2D eigenvalue weighted by Crippen LogP contribution is 2.27. The predicted octanol–water partition coefficient (Wildman–Crippen LogP) is 1.75. The summed E-state index contributed by atoms with van der Waals surface area (Å²) in [4.78, 5) is 12.6. The SMILES string of the molecule is CCCCC(CN)NC(=O)C1CCN(S(=O)(=O)c2c(C)noc2C)CC1.Cl. The number of amides is 1. The molecule has 1 aromatic heterocycles. The summed E-state index contributed by atoms with van der Waals surface area (Å²) in [6, 6.07) is -0.00786. The molecule has 27 heavy (non-hydrogen) atoms. The number of nitrogens with zero attached hydrogens (tertiary/aromatic N) is 2. The Morgan fingerprint density at radius 3 is 2.48 bits per heavy atom. The minimum atomic E-state index is -3.64. The Morgan fingerprint density at radius 2 is 2.00 bits per heavy atom. The van der Waals surface area contributed by atoms with Crippen LogP contribution in [0.15, 0.2) is 9.42 Å². The molecule has 0 spiro atoms. The molecule has 1 unspecified atom stereocenters. The fourth-order valence-corrected chi connectivity index (χ4v) is 5.11. The molecule has 1 aliphatic rings. The van der Waals surface area contributed by atoms with Crippen LogP contribution in [0.1, 0.15) is 50.5 Å². The van der Waals surface area contributed by atoms with Crippen molar-refractivity contribution in [3.8, 4) is 0 Å². The zero-order valence-electron chi connectivity index (χ0n) is 16.2. The second kappa shape index (κ2) is 10.4. The molecule has 1 fully saturated rings. The van der Waals surface area contributed by atoms with E-state index in [1.165, 1.54) is 4.31 Å². The van der Waals surface area contributed by atoms with Gasteiger partial charge >= 0.3 is 0 Å². The maximum Gasteiger partial charge on any atom is 0.248 e. The van der Waals surface area contributed by atoms with Gasteiger partial charge in [0.2, 0.25) is 15.9 Å². The molecule has 1 saturated heterocycles. The van der Waals surface area contributed by atoms with E-state index >= 15 is 0 Å². The van der Waals surface area contributed by atoms with Crippen molar-refractivity contribution in [2.75, 3.05) is 19.6 Å². The molecule has 2 rings (SSSR count). The smallest absolute Gasteiger partial charge is 0.248 e. The van der Waals surface area contributed by atoms with E-state index in [1.54, 1.807) is 13.8 Å². The van der Waals surface area contributed by atoms with Gasteiger partial charge in [-0.15, -0.1) is 12.4 Å². The summed E-state index contributed by atoms with van der Waals surface area (Å²) in [7, 11) is -3.64. The van der Waals surface area contributed by atoms with Crippen LogP contribution in [-0.2, 0) is 14.8 Å². The lowest BCUT2D eigenvalue weighted by Gasteiger charge is -2.31. The van der Waals surface area contributed by atoms with E-state index < -0.39 is 10.0 Å². The minimum absolute atomic E-state index is 0. The molecule has 0 saturated carbocycles. The molecule has 1 atom stereocenters. The molecule has 1 aliphatic heterocycles. The van der Waals surface area contributed by atoms with Gasteiger partial charge in [-0.25, -0.2) is 8.42 Å². The number of sulfonamides is 1. The van der Waals surface area contributed by atoms with Gasteiger partial charge in [0.15, 0.2) is 5.76 Å². The number of halogens is 1. The van der Waals surface area contributed by atoms with Gasteiger partial charge in [0.05, 0.1) is 0 Å². The molecule has 2 heterocycles. The van der Waals surface area contributed by atoms with Gasteiger partial charge in [0, 0.05) is 31.6 Å². The molecule has 3 N–H and O–H groups in total. The molecule has 1 aromatic rings. The Balaban J connectivity index is 0.00000364. The number of aromatic nitrogens is 1. The van der Waals surface area contributed by atoms with Gasteiger partial charge in [-0.1, -0.05) is 24.9 Å². The number of nitrogens with two attached hydrogens (primary N) is 1. The highest BCUT2D eigenvalue weighted by Gasteiger charge is 2.35. The van der Waals surface area contributed by atoms with E-state index in [4.69, 9.17) is 10.3 Å². The van der Waals surface area contributed by atoms with Crippen LogP contribution in [0.25, 0.3) is 0 Å². The highest BCUT2D eigenvalue weighted by atomic mass is 35.5. The first-order valence-corrected chi connectivity index (χ1v) is 10.7. The van der Waals surface area contributed by atoms with Crippen molar-refractivity contribution in [1.82, 2.24) is 14.8 Å². The van der Waals surface area contributed by atoms with E-state index in [2.05, 4.69) is 17.4 Å². The van der Waals surface area contributed by atoms with Crippen LogP contribution >= 0.6 is 12.4 Å². The standard InChI is InChI=1S/C17H30N4O4S.ClH/c1-4-5-6-15(11-18)19-17(22)14-7-9-21(10-8-14)26(23,24)16-12(2)20-25-13(16)3;/h14-15H,4-11,18H2,1-3H3,(H,19,22);1H. The normalized spacial score (nSPS) is 17.3. The van der Waals surface area contributed by atoms with E-state index in [0.717, 1.165) is 19.3 Å². The summed E-state index contributed by atoms with van der Waals surface area (Å²) in [5, 5.41) is 6.74. The van der Waals surface area contributed by atoms with Crippen molar-refractivity contribution in [3.05, 3.63) is 11.5 Å². The molecule has 156 valence electrons. The van der Waals surface area contributed by atoms with Crippen molar-refractivity contribution in [1.29, 1.82) is 0 Å². The summed E-state index contributed by atoms with van der Waals surface area (Å²) >= 11 is 0. The summed E-state index contributed by atoms with van der Waals surface area (Å²) in [5.41, 5.74) is 6.10. The fraction of sp³-hybridized carbons (Fsp3) is 0.765. The molecule has 0 bridgehead atoms. The maximum atomic E-state index is 12.8. The van der Waals surface area contributed by atoms with E-state index in [0.29, 0.717) is 43.9 Å². The molecule has 8 nitrogen and oxygen atoms in total. The number of carbonyl (C=O) groups is 1. The largest absolute Gasteiger partial charge is 0.360 e. The summed E-state index contributed by atoms with van der Waals surface area (Å²) in [6.07, 6.45) is 3.96. The number of hydrogen-bond acceptors (Lipinski definition) is 6. The van der Waals surface area contributed by atoms with Crippen LogP contribution in [0.2, 0.25) is 0 Å². The molecule has 1 amide bonds. The molecule has 0 aromatic carbocycles. The lowest BCUT2D eigenvalue weighted by atomic mass is 9.96. The topological polar surface area (TPSA) is 119 Å². The Hall–Kier alpha value is -1.16. The molecule has 0 radical (unpaired) electrons. The Morgan fingerprint density at radius 1 is 1.37 bits per heavy atom. The van der Waals surface area contributed by atoms with Crippen LogP contribution in [0, 0.1) is 19.8 Å². The Labute approximate surface area is 167 Å². The van der Waals surface area contributed by atoms with Gasteiger partial charge in [-0.2, -0.15) is 4.31 Å². The number of carbonyl (C=O) groups excluding carboxylic acids is 1. The molecule has 10 heteroatoms. The maximum absolute atomic E-state index is 12.8. The Kier molecular flexibility index (Phi) is 9.20. The average Bonchev–Trinajstić information content (AvgIpc) is 2.97. The van der Waals surface area contributed by atoms with Gasteiger partial charge in [-0.3, -0.25) is 4.79 Å². The lowest BCUT2D eigenvalue weighted by molar-refractivity contribution is -0.126. The van der Waals surface area contributed by atoms with Crippen molar-refractivity contribution >= 4 is 28.3 Å². The van der Waals surface area contributed by atoms with Crippen LogP contribution < -0.4 is 11.1 Å². The van der Waals surface area contributed by atoms with Crippen LogP contribution in [0.5, 0.6) is 0 Å². The third-order valence-corrected chi connectivity index (χ3v) is 7.07. The van der Waals surface area contributed by atoms with E-state index in [1.807, 2.05) is 0 Å². The molecular formula is C17H31ClN4O4S. The lowest BCUT2D eigenvalue weighted by Crippen LogP contribution is -2.47. The first kappa shape index (κ1) is 23.9. The second-order valence-electron chi connectivity index (χ2n) is 6.92. The second-order valence-corrected chi connectivity index (χ2v) is 8.79. The number of nitrogens with one attached hydrogen (secondary N) is 1. The van der Waals surface area contributed by atoms with E-state index in [9.17, 15) is 13.2 Å². The molecular weight excluding hydrogens is 392 g/mol. The first-order valence-electron chi connectivity index (χ1n) is 9.24. The van der Waals surface area contributed by atoms with Crippen LogP contribution in [-0.4, -0.2) is 49.5 Å². The van der Waals surface area contributed by atoms with Gasteiger partial charge < -0.3 is 15.6 Å². The zero-order valence-corrected chi connectivity index (χ0v) is 17.9. The summed E-state index contributed by atoms with van der Waals surface area (Å²) in [5.74, 6) is 0.0943. The average molecular weight is 423 g/mol. The Bertz CT molecular complexity index is 695. The third-order valence-electron chi connectivity index (χ3n) is 4.93. The number of rotatable bonds is 8. The van der Waals surface area contributed by atoms with Gasteiger partial charge in [0.25, 0.3) is 0 Å². The summed E-state index contributed by atoms with van der Waals surface area (Å²) in [6.45, 7) is 6.36. The van der Waals surface area contributed by atoms with Crippen LogP contribution in [0.4, 0.5) is 0 Å². The highest BCUT2D eigenvalue weighted by molar-refractivity contribution is 7.89.